The summed E-state index contributed by atoms with van der Waals surface area (Å²) in [5.41, 5.74) is 1.08. The standard InChI is InChI=1S/C28H37FN2O2/c1-22-8-3-6-19-31(22)20-7-21-33-26-15-13-25(14-16-26)30-27(32)28(17-4-2-5-18-28)23-9-11-24(29)12-10-23/h9-16,22H,2-8,17-21H2,1H3,(H,30,32)/t22-/m1/s1. The second-order valence-electron chi connectivity index (χ2n) is 9.71. The lowest BCUT2D eigenvalue weighted by Gasteiger charge is -2.36. The van der Waals surface area contributed by atoms with Crippen LogP contribution in [0.15, 0.2) is 48.5 Å². The Hall–Kier alpha value is -2.40. The molecule has 2 aromatic rings. The third-order valence-electron chi connectivity index (χ3n) is 7.45. The van der Waals surface area contributed by atoms with Crippen molar-refractivity contribution in [3.63, 3.8) is 0 Å². The molecule has 4 rings (SSSR count). The van der Waals surface area contributed by atoms with Crippen molar-refractivity contribution in [1.29, 1.82) is 0 Å². The number of likely N-dealkylation sites (tertiary alicyclic amines) is 1. The molecule has 0 aromatic heterocycles. The molecule has 0 radical (unpaired) electrons. The second kappa shape index (κ2) is 11.1. The van der Waals surface area contributed by atoms with Crippen LogP contribution in [-0.2, 0) is 10.2 Å². The van der Waals surface area contributed by atoms with E-state index in [0.29, 0.717) is 12.6 Å². The van der Waals surface area contributed by atoms with Crippen LogP contribution in [0.3, 0.4) is 0 Å². The highest BCUT2D eigenvalue weighted by Crippen LogP contribution is 2.40. The van der Waals surface area contributed by atoms with Crippen molar-refractivity contribution in [2.24, 2.45) is 0 Å². The number of ether oxygens (including phenoxy) is 1. The summed E-state index contributed by atoms with van der Waals surface area (Å²) in [6.45, 7) is 5.30. The molecule has 2 aliphatic rings. The number of hydrogen-bond donors (Lipinski definition) is 1. The number of carbonyl (C=O) groups excluding carboxylic acids is 1. The third kappa shape index (κ3) is 5.94. The van der Waals surface area contributed by atoms with Gasteiger partial charge in [0.15, 0.2) is 0 Å². The molecule has 1 aliphatic carbocycles. The molecule has 1 atom stereocenters. The summed E-state index contributed by atoms with van der Waals surface area (Å²) >= 11 is 0. The van der Waals surface area contributed by atoms with E-state index in [1.165, 1.54) is 37.9 Å². The number of nitrogens with zero attached hydrogens (tertiary/aromatic N) is 1. The predicted molar refractivity (Wildman–Crippen MR) is 131 cm³/mol. The molecule has 2 fully saturated rings. The van der Waals surface area contributed by atoms with Gasteiger partial charge < -0.3 is 15.0 Å². The zero-order valence-electron chi connectivity index (χ0n) is 19.8. The van der Waals surface area contributed by atoms with Crippen molar-refractivity contribution in [2.45, 2.75) is 76.2 Å². The molecule has 178 valence electrons. The molecule has 1 heterocycles. The lowest BCUT2D eigenvalue weighted by Crippen LogP contribution is -2.42. The van der Waals surface area contributed by atoms with E-state index in [1.807, 2.05) is 24.3 Å². The van der Waals surface area contributed by atoms with E-state index in [0.717, 1.165) is 62.1 Å². The Labute approximate surface area is 197 Å². The monoisotopic (exact) mass is 452 g/mol. The van der Waals surface area contributed by atoms with E-state index < -0.39 is 5.41 Å². The van der Waals surface area contributed by atoms with Crippen LogP contribution in [0.5, 0.6) is 5.75 Å². The van der Waals surface area contributed by atoms with Gasteiger partial charge in [0.1, 0.15) is 11.6 Å². The molecule has 1 saturated heterocycles. The summed E-state index contributed by atoms with van der Waals surface area (Å²) in [7, 11) is 0. The fourth-order valence-electron chi connectivity index (χ4n) is 5.40. The van der Waals surface area contributed by atoms with E-state index in [2.05, 4.69) is 17.1 Å². The van der Waals surface area contributed by atoms with Crippen LogP contribution in [0.2, 0.25) is 0 Å². The minimum absolute atomic E-state index is 0.00173. The average molecular weight is 453 g/mol. The fourth-order valence-corrected chi connectivity index (χ4v) is 5.40. The van der Waals surface area contributed by atoms with Gasteiger partial charge in [-0.2, -0.15) is 0 Å². The Morgan fingerprint density at radius 1 is 1.03 bits per heavy atom. The van der Waals surface area contributed by atoms with E-state index in [1.54, 1.807) is 12.1 Å². The highest BCUT2D eigenvalue weighted by atomic mass is 19.1. The number of hydrogen-bond acceptors (Lipinski definition) is 3. The maximum atomic E-state index is 13.5. The largest absolute Gasteiger partial charge is 0.494 e. The summed E-state index contributed by atoms with van der Waals surface area (Å²) in [5.74, 6) is 0.551. The molecular weight excluding hydrogens is 415 g/mol. The number of benzene rings is 2. The molecule has 1 aliphatic heterocycles. The number of rotatable bonds is 8. The van der Waals surface area contributed by atoms with Crippen LogP contribution < -0.4 is 10.1 Å². The molecule has 1 saturated carbocycles. The van der Waals surface area contributed by atoms with Crippen LogP contribution in [0, 0.1) is 5.82 Å². The first kappa shape index (κ1) is 23.7. The average Bonchev–Trinajstić information content (AvgIpc) is 2.84. The summed E-state index contributed by atoms with van der Waals surface area (Å²) in [6.07, 6.45) is 9.71. The summed E-state index contributed by atoms with van der Waals surface area (Å²) < 4.78 is 19.4. The van der Waals surface area contributed by atoms with Gasteiger partial charge in [-0.05, 0) is 87.5 Å². The molecule has 5 heteroatoms. The SMILES string of the molecule is C[C@@H]1CCCCN1CCCOc1ccc(NC(=O)C2(c3ccc(F)cc3)CCCCC2)cc1. The highest BCUT2D eigenvalue weighted by Gasteiger charge is 2.41. The molecule has 1 amide bonds. The van der Waals surface area contributed by atoms with Gasteiger partial charge in [-0.25, -0.2) is 4.39 Å². The Morgan fingerprint density at radius 3 is 2.45 bits per heavy atom. The molecule has 33 heavy (non-hydrogen) atoms. The van der Waals surface area contributed by atoms with Gasteiger partial charge in [-0.1, -0.05) is 37.8 Å². The number of carbonyl (C=O) groups is 1. The zero-order chi connectivity index (χ0) is 23.1. The van der Waals surface area contributed by atoms with Gasteiger partial charge in [0.2, 0.25) is 5.91 Å². The van der Waals surface area contributed by atoms with Gasteiger partial charge in [0.25, 0.3) is 0 Å². The second-order valence-corrected chi connectivity index (χ2v) is 9.71. The number of nitrogens with one attached hydrogen (secondary N) is 1. The van der Waals surface area contributed by atoms with Gasteiger partial charge in [0.05, 0.1) is 12.0 Å². The Morgan fingerprint density at radius 2 is 1.76 bits per heavy atom. The minimum Gasteiger partial charge on any atom is -0.494 e. The number of amides is 1. The van der Waals surface area contributed by atoms with Crippen molar-refractivity contribution in [1.82, 2.24) is 4.90 Å². The summed E-state index contributed by atoms with van der Waals surface area (Å²) in [6, 6.07) is 14.8. The van der Waals surface area contributed by atoms with Crippen LogP contribution in [0.4, 0.5) is 10.1 Å². The maximum absolute atomic E-state index is 13.5. The Kier molecular flexibility index (Phi) is 8.02. The summed E-state index contributed by atoms with van der Waals surface area (Å²) in [4.78, 5) is 16.0. The van der Waals surface area contributed by atoms with E-state index in [9.17, 15) is 9.18 Å². The quantitative estimate of drug-likeness (QED) is 0.477. The number of halogens is 1. The number of anilines is 1. The minimum atomic E-state index is -0.591. The van der Waals surface area contributed by atoms with E-state index in [4.69, 9.17) is 4.74 Å². The van der Waals surface area contributed by atoms with Gasteiger partial charge >= 0.3 is 0 Å². The van der Waals surface area contributed by atoms with Crippen molar-refractivity contribution in [3.8, 4) is 5.75 Å². The first-order valence-corrected chi connectivity index (χ1v) is 12.6. The maximum Gasteiger partial charge on any atom is 0.235 e. The molecule has 1 N–H and O–H groups in total. The highest BCUT2D eigenvalue weighted by molar-refractivity contribution is 5.99. The van der Waals surface area contributed by atoms with Crippen molar-refractivity contribution < 1.29 is 13.9 Å². The molecule has 0 spiro atoms. The van der Waals surface area contributed by atoms with Crippen LogP contribution in [0.1, 0.15) is 70.3 Å². The molecule has 0 bridgehead atoms. The van der Waals surface area contributed by atoms with Crippen LogP contribution in [0.25, 0.3) is 0 Å². The fraction of sp³-hybridized carbons (Fsp3) is 0.536. The van der Waals surface area contributed by atoms with Crippen molar-refractivity contribution in [3.05, 3.63) is 59.9 Å². The molecule has 2 aromatic carbocycles. The smallest absolute Gasteiger partial charge is 0.235 e. The molecule has 0 unspecified atom stereocenters. The van der Waals surface area contributed by atoms with Crippen molar-refractivity contribution >= 4 is 11.6 Å². The van der Waals surface area contributed by atoms with Crippen molar-refractivity contribution in [2.75, 3.05) is 25.0 Å². The van der Waals surface area contributed by atoms with E-state index >= 15 is 0 Å². The Balaban J connectivity index is 1.31. The lowest BCUT2D eigenvalue weighted by atomic mass is 9.68. The van der Waals surface area contributed by atoms with Crippen LogP contribution in [-0.4, -0.2) is 36.5 Å². The first-order chi connectivity index (χ1) is 16.1. The zero-order valence-corrected chi connectivity index (χ0v) is 19.8. The van der Waals surface area contributed by atoms with Crippen LogP contribution >= 0.6 is 0 Å². The van der Waals surface area contributed by atoms with Gasteiger partial charge in [-0.15, -0.1) is 0 Å². The van der Waals surface area contributed by atoms with E-state index in [-0.39, 0.29) is 11.7 Å². The third-order valence-corrected chi connectivity index (χ3v) is 7.45. The van der Waals surface area contributed by atoms with Gasteiger partial charge in [0, 0.05) is 18.3 Å². The Bertz CT molecular complexity index is 891. The topological polar surface area (TPSA) is 41.6 Å². The first-order valence-electron chi connectivity index (χ1n) is 12.6. The molecular formula is C28H37FN2O2. The molecule has 4 nitrogen and oxygen atoms in total. The normalized spacial score (nSPS) is 20.8. The number of piperidine rings is 1. The predicted octanol–water partition coefficient (Wildman–Crippen LogP) is 6.31. The summed E-state index contributed by atoms with van der Waals surface area (Å²) in [5, 5.41) is 3.11. The lowest BCUT2D eigenvalue weighted by molar-refractivity contribution is -0.122. The van der Waals surface area contributed by atoms with Gasteiger partial charge in [-0.3, -0.25) is 4.79 Å².